The molecule has 0 bridgehead atoms. The monoisotopic (exact) mass is 258 g/mol. The number of ketones is 1. The van der Waals surface area contributed by atoms with Crippen LogP contribution >= 0.6 is 27.3 Å². The fourth-order valence-electron chi connectivity index (χ4n) is 1.52. The van der Waals surface area contributed by atoms with Crippen LogP contribution in [0.15, 0.2) is 15.9 Å². The summed E-state index contributed by atoms with van der Waals surface area (Å²) in [5.74, 6) is 0.994. The maximum atomic E-state index is 11.7. The first-order valence-electron chi connectivity index (χ1n) is 4.54. The van der Waals surface area contributed by atoms with E-state index in [0.717, 1.165) is 15.1 Å². The Labute approximate surface area is 90.3 Å². The molecule has 1 aromatic heterocycles. The first-order chi connectivity index (χ1) is 6.25. The molecule has 1 aliphatic carbocycles. The lowest BCUT2D eigenvalue weighted by molar-refractivity contribution is 0.0940. The molecule has 2 rings (SSSR count). The van der Waals surface area contributed by atoms with E-state index < -0.39 is 0 Å². The molecule has 3 heteroatoms. The third-order valence-electron chi connectivity index (χ3n) is 2.55. The second-order valence-corrected chi connectivity index (χ2v) is 5.99. The molecule has 70 valence electrons. The van der Waals surface area contributed by atoms with Gasteiger partial charge in [-0.3, -0.25) is 4.79 Å². The van der Waals surface area contributed by atoms with Crippen LogP contribution in [-0.2, 0) is 0 Å². The summed E-state index contributed by atoms with van der Waals surface area (Å²) in [6.07, 6.45) is 4.57. The second kappa shape index (κ2) is 3.93. The van der Waals surface area contributed by atoms with Crippen molar-refractivity contribution in [2.75, 3.05) is 0 Å². The van der Waals surface area contributed by atoms with Crippen molar-refractivity contribution in [1.82, 2.24) is 0 Å². The summed E-state index contributed by atoms with van der Waals surface area (Å²) < 4.78 is 1.05. The topological polar surface area (TPSA) is 17.1 Å². The Bertz CT molecular complexity index is 314. The molecule has 13 heavy (non-hydrogen) atoms. The quantitative estimate of drug-likeness (QED) is 0.753. The number of carbonyl (C=O) groups excluding carboxylic acids is 1. The summed E-state index contributed by atoms with van der Waals surface area (Å²) in [7, 11) is 0. The van der Waals surface area contributed by atoms with Crippen molar-refractivity contribution in [3.63, 3.8) is 0 Å². The van der Waals surface area contributed by atoms with Gasteiger partial charge in [0.25, 0.3) is 0 Å². The number of hydrogen-bond donors (Lipinski definition) is 0. The van der Waals surface area contributed by atoms with Gasteiger partial charge in [0.1, 0.15) is 0 Å². The Morgan fingerprint density at radius 1 is 1.54 bits per heavy atom. The van der Waals surface area contributed by atoms with E-state index in [0.29, 0.717) is 11.7 Å². The minimum Gasteiger partial charge on any atom is -0.293 e. The van der Waals surface area contributed by atoms with Gasteiger partial charge in [0.05, 0.1) is 8.66 Å². The molecule has 0 amide bonds. The van der Waals surface area contributed by atoms with E-state index in [1.54, 1.807) is 0 Å². The van der Waals surface area contributed by atoms with Gasteiger partial charge in [-0.1, -0.05) is 19.3 Å². The summed E-state index contributed by atoms with van der Waals surface area (Å²) in [6.45, 7) is 0. The first-order valence-corrected chi connectivity index (χ1v) is 6.15. The third-order valence-corrected chi connectivity index (χ3v) is 4.21. The van der Waals surface area contributed by atoms with Crippen LogP contribution in [0, 0.1) is 5.92 Å². The van der Waals surface area contributed by atoms with Crippen LogP contribution in [0.3, 0.4) is 0 Å². The Morgan fingerprint density at radius 3 is 2.77 bits per heavy atom. The summed E-state index contributed by atoms with van der Waals surface area (Å²) in [6, 6.07) is 3.86. The van der Waals surface area contributed by atoms with Crippen LogP contribution in [-0.4, -0.2) is 5.78 Å². The lowest BCUT2D eigenvalue weighted by atomic mass is 9.82. The maximum Gasteiger partial charge on any atom is 0.173 e. The molecule has 1 nitrogen and oxygen atoms in total. The number of halogens is 1. The molecule has 0 atom stereocenters. The smallest absolute Gasteiger partial charge is 0.173 e. The SMILES string of the molecule is O=C(CC1CCC1)c1ccc(Br)s1. The van der Waals surface area contributed by atoms with Crippen molar-refractivity contribution in [3.8, 4) is 0 Å². The second-order valence-electron chi connectivity index (χ2n) is 3.53. The van der Waals surface area contributed by atoms with Crippen LogP contribution in [0.2, 0.25) is 0 Å². The molecule has 0 aliphatic heterocycles. The van der Waals surface area contributed by atoms with Crippen LogP contribution in [0.25, 0.3) is 0 Å². The van der Waals surface area contributed by atoms with Gasteiger partial charge in [0.15, 0.2) is 5.78 Å². The summed E-state index contributed by atoms with van der Waals surface area (Å²) in [4.78, 5) is 12.6. The molecular weight excluding hydrogens is 248 g/mol. The Hall–Kier alpha value is -0.150. The van der Waals surface area contributed by atoms with E-state index in [1.807, 2.05) is 12.1 Å². The number of thiophene rings is 1. The number of rotatable bonds is 3. The highest BCUT2D eigenvalue weighted by Gasteiger charge is 2.21. The highest BCUT2D eigenvalue weighted by molar-refractivity contribution is 9.11. The van der Waals surface area contributed by atoms with Crippen LogP contribution in [0.4, 0.5) is 0 Å². The minimum atomic E-state index is 0.320. The zero-order chi connectivity index (χ0) is 9.26. The van der Waals surface area contributed by atoms with E-state index >= 15 is 0 Å². The van der Waals surface area contributed by atoms with Gasteiger partial charge in [0, 0.05) is 6.42 Å². The fourth-order valence-corrected chi connectivity index (χ4v) is 2.86. The molecule has 1 fully saturated rings. The lowest BCUT2D eigenvalue weighted by Crippen LogP contribution is -2.15. The van der Waals surface area contributed by atoms with E-state index in [1.165, 1.54) is 30.6 Å². The average molecular weight is 259 g/mol. The van der Waals surface area contributed by atoms with Gasteiger partial charge in [-0.25, -0.2) is 0 Å². The van der Waals surface area contributed by atoms with Crippen molar-refractivity contribution < 1.29 is 4.79 Å². The standard InChI is InChI=1S/C10H11BrOS/c11-10-5-4-9(13-10)8(12)6-7-2-1-3-7/h4-5,7H,1-3,6H2. The average Bonchev–Trinajstić information content (AvgIpc) is 2.44. The van der Waals surface area contributed by atoms with Crippen LogP contribution < -0.4 is 0 Å². The summed E-state index contributed by atoms with van der Waals surface area (Å²) in [5.41, 5.74) is 0. The molecule has 0 aromatic carbocycles. The molecule has 1 aromatic rings. The molecule has 0 unspecified atom stereocenters. The van der Waals surface area contributed by atoms with Crippen molar-refractivity contribution in [3.05, 3.63) is 20.8 Å². The summed E-state index contributed by atoms with van der Waals surface area (Å²) >= 11 is 4.90. The van der Waals surface area contributed by atoms with Gasteiger partial charge >= 0.3 is 0 Å². The number of carbonyl (C=O) groups is 1. The van der Waals surface area contributed by atoms with Crippen molar-refractivity contribution in [2.24, 2.45) is 5.92 Å². The summed E-state index contributed by atoms with van der Waals surface area (Å²) in [5, 5.41) is 0. The number of Topliss-reactive ketones (excluding diaryl/α,β-unsaturated/α-hetero) is 1. The lowest BCUT2D eigenvalue weighted by Gasteiger charge is -2.23. The van der Waals surface area contributed by atoms with Crippen LogP contribution in [0.1, 0.15) is 35.4 Å². The third kappa shape index (κ3) is 2.20. The van der Waals surface area contributed by atoms with Gasteiger partial charge in [0.2, 0.25) is 0 Å². The zero-order valence-corrected chi connectivity index (χ0v) is 9.66. The molecule has 0 N–H and O–H groups in total. The molecular formula is C10H11BrOS. The van der Waals surface area contributed by atoms with E-state index in [4.69, 9.17) is 0 Å². The Kier molecular flexibility index (Phi) is 2.84. The zero-order valence-electron chi connectivity index (χ0n) is 7.25. The molecule has 0 radical (unpaired) electrons. The molecule has 1 saturated carbocycles. The van der Waals surface area contributed by atoms with Gasteiger partial charge in [-0.2, -0.15) is 0 Å². The molecule has 0 spiro atoms. The van der Waals surface area contributed by atoms with E-state index in [9.17, 15) is 4.79 Å². The maximum absolute atomic E-state index is 11.7. The van der Waals surface area contributed by atoms with Crippen LogP contribution in [0.5, 0.6) is 0 Å². The molecule has 0 saturated heterocycles. The van der Waals surface area contributed by atoms with Gasteiger partial charge in [-0.15, -0.1) is 11.3 Å². The largest absolute Gasteiger partial charge is 0.293 e. The van der Waals surface area contributed by atoms with E-state index in [2.05, 4.69) is 15.9 Å². The Balaban J connectivity index is 1.96. The highest BCUT2D eigenvalue weighted by Crippen LogP contribution is 2.32. The highest BCUT2D eigenvalue weighted by atomic mass is 79.9. The van der Waals surface area contributed by atoms with Crippen molar-refractivity contribution >= 4 is 33.0 Å². The minimum absolute atomic E-state index is 0.320. The fraction of sp³-hybridized carbons (Fsp3) is 0.500. The molecule has 1 aliphatic rings. The van der Waals surface area contributed by atoms with Crippen molar-refractivity contribution in [2.45, 2.75) is 25.7 Å². The first kappa shape index (κ1) is 9.41. The predicted octanol–water partition coefficient (Wildman–Crippen LogP) is 3.88. The Morgan fingerprint density at radius 2 is 2.31 bits per heavy atom. The number of hydrogen-bond acceptors (Lipinski definition) is 2. The predicted molar refractivity (Wildman–Crippen MR) is 58.3 cm³/mol. The van der Waals surface area contributed by atoms with E-state index in [-0.39, 0.29) is 0 Å². The van der Waals surface area contributed by atoms with Gasteiger partial charge in [-0.05, 0) is 34.0 Å². The van der Waals surface area contributed by atoms with Gasteiger partial charge < -0.3 is 0 Å². The van der Waals surface area contributed by atoms with Crippen molar-refractivity contribution in [1.29, 1.82) is 0 Å². The molecule has 1 heterocycles. The normalized spacial score (nSPS) is 17.0.